The average molecular weight is 424 g/mol. The Kier molecular flexibility index (Phi) is 7.46. The first-order valence-electron chi connectivity index (χ1n) is 10.9. The summed E-state index contributed by atoms with van der Waals surface area (Å²) in [5.74, 6) is -1.43. The van der Waals surface area contributed by atoms with E-state index in [1.54, 1.807) is 0 Å². The maximum absolute atomic E-state index is 12.5. The Bertz CT molecular complexity index is 913. The number of rotatable bonds is 7. The highest BCUT2D eigenvalue weighted by Crippen LogP contribution is 2.34. The first-order valence-corrected chi connectivity index (χ1v) is 10.9. The molecule has 3 atom stereocenters. The lowest BCUT2D eigenvalue weighted by molar-refractivity contribution is -0.140. The van der Waals surface area contributed by atoms with Crippen molar-refractivity contribution in [1.29, 1.82) is 0 Å². The summed E-state index contributed by atoms with van der Waals surface area (Å²) < 4.78 is 0. The molecule has 0 aromatic heterocycles. The molecular formula is C25H33N3O3. The molecular weight excluding hydrogens is 390 g/mol. The van der Waals surface area contributed by atoms with Crippen molar-refractivity contribution < 1.29 is 14.8 Å². The minimum atomic E-state index is -0.440. The van der Waals surface area contributed by atoms with Crippen LogP contribution in [0.15, 0.2) is 48.5 Å². The lowest BCUT2D eigenvalue weighted by atomic mass is 9.78. The largest absolute Gasteiger partial charge is 0.369 e. The van der Waals surface area contributed by atoms with Gasteiger partial charge in [0, 0.05) is 18.5 Å². The van der Waals surface area contributed by atoms with E-state index in [0.29, 0.717) is 25.9 Å². The van der Waals surface area contributed by atoms with Crippen LogP contribution in [0.4, 0.5) is 0 Å². The van der Waals surface area contributed by atoms with Gasteiger partial charge in [0.05, 0.1) is 5.92 Å². The van der Waals surface area contributed by atoms with E-state index in [1.807, 2.05) is 37.5 Å². The molecule has 0 aliphatic carbocycles. The van der Waals surface area contributed by atoms with Gasteiger partial charge in [-0.15, -0.1) is 0 Å². The van der Waals surface area contributed by atoms with Gasteiger partial charge in [-0.05, 0) is 54.5 Å². The van der Waals surface area contributed by atoms with Crippen LogP contribution < -0.4 is 11.2 Å². The van der Waals surface area contributed by atoms with E-state index in [1.165, 1.54) is 22.3 Å². The van der Waals surface area contributed by atoms with E-state index in [0.717, 1.165) is 0 Å². The minimum absolute atomic E-state index is 0.00280. The summed E-state index contributed by atoms with van der Waals surface area (Å²) in [5, 5.41) is 9.33. The number of nitrogens with one attached hydrogen (secondary N) is 1. The van der Waals surface area contributed by atoms with E-state index in [4.69, 9.17) is 5.73 Å². The zero-order valence-corrected chi connectivity index (χ0v) is 18.5. The third-order valence-electron chi connectivity index (χ3n) is 6.61. The quantitative estimate of drug-likeness (QED) is 0.469. The molecule has 2 aromatic rings. The Balaban J connectivity index is 1.93. The van der Waals surface area contributed by atoms with Gasteiger partial charge in [0.1, 0.15) is 0 Å². The lowest BCUT2D eigenvalue weighted by Gasteiger charge is -2.43. The van der Waals surface area contributed by atoms with Gasteiger partial charge >= 0.3 is 0 Å². The van der Waals surface area contributed by atoms with Gasteiger partial charge in [0.15, 0.2) is 0 Å². The number of likely N-dealkylation sites (tertiary alicyclic amines) is 1. The molecule has 2 amide bonds. The molecule has 166 valence electrons. The van der Waals surface area contributed by atoms with Gasteiger partial charge in [-0.2, -0.15) is 0 Å². The average Bonchev–Trinajstić information content (AvgIpc) is 2.76. The number of carbonyl (C=O) groups excluding carboxylic acids is 2. The Morgan fingerprint density at radius 2 is 1.87 bits per heavy atom. The summed E-state index contributed by atoms with van der Waals surface area (Å²) in [6.07, 6.45) is 1.19. The number of carbonyl (C=O) groups is 2. The van der Waals surface area contributed by atoms with E-state index in [2.05, 4.69) is 42.2 Å². The Hall–Kier alpha value is -2.70. The van der Waals surface area contributed by atoms with Crippen molar-refractivity contribution in [2.24, 2.45) is 23.5 Å². The lowest BCUT2D eigenvalue weighted by Crippen LogP contribution is -2.53. The second kappa shape index (κ2) is 10.1. The van der Waals surface area contributed by atoms with Crippen molar-refractivity contribution in [2.75, 3.05) is 6.54 Å². The maximum atomic E-state index is 12.5. The number of nitrogens with two attached hydrogens (primary N) is 1. The van der Waals surface area contributed by atoms with Crippen molar-refractivity contribution in [1.82, 2.24) is 10.4 Å². The standard InChI is InChI=1S/C25H33N3O3/c1-16(2)23(25(30)27-31)22-14-19(24(26)29)12-13-28(22)15-20-10-7-11-21(17(20)3)18-8-5-4-6-9-18/h4-11,16,19,22-23,31H,12-15H2,1-3H3,(H2,26,29)(H,27,30). The number of benzene rings is 2. The summed E-state index contributed by atoms with van der Waals surface area (Å²) in [6, 6.07) is 16.4. The SMILES string of the molecule is Cc1c(CN2CCC(C(N)=O)CC2C(C(=O)NO)C(C)C)cccc1-c1ccccc1. The first-order chi connectivity index (χ1) is 14.8. The van der Waals surface area contributed by atoms with Crippen LogP contribution in [0.2, 0.25) is 0 Å². The molecule has 0 radical (unpaired) electrons. The molecule has 0 bridgehead atoms. The molecule has 1 aliphatic heterocycles. The van der Waals surface area contributed by atoms with Crippen LogP contribution in [0.25, 0.3) is 11.1 Å². The fraction of sp³-hybridized carbons (Fsp3) is 0.440. The highest BCUT2D eigenvalue weighted by atomic mass is 16.5. The molecule has 6 nitrogen and oxygen atoms in total. The van der Waals surface area contributed by atoms with Crippen molar-refractivity contribution in [3.63, 3.8) is 0 Å². The zero-order valence-electron chi connectivity index (χ0n) is 18.5. The monoisotopic (exact) mass is 423 g/mol. The second-order valence-corrected chi connectivity index (χ2v) is 8.86. The Labute approximate surface area is 184 Å². The molecule has 31 heavy (non-hydrogen) atoms. The first kappa shape index (κ1) is 23.0. The highest BCUT2D eigenvalue weighted by Gasteiger charge is 2.40. The van der Waals surface area contributed by atoms with Crippen LogP contribution in [-0.2, 0) is 16.1 Å². The Morgan fingerprint density at radius 3 is 2.48 bits per heavy atom. The number of hydrogen-bond donors (Lipinski definition) is 3. The maximum Gasteiger partial charge on any atom is 0.248 e. The van der Waals surface area contributed by atoms with E-state index in [9.17, 15) is 14.8 Å². The van der Waals surface area contributed by atoms with Crippen LogP contribution >= 0.6 is 0 Å². The summed E-state index contributed by atoms with van der Waals surface area (Å²) in [7, 11) is 0. The Morgan fingerprint density at radius 1 is 1.16 bits per heavy atom. The van der Waals surface area contributed by atoms with Crippen LogP contribution in [0.5, 0.6) is 0 Å². The number of hydrogen-bond acceptors (Lipinski definition) is 4. The summed E-state index contributed by atoms with van der Waals surface area (Å²) in [6.45, 7) is 7.41. The molecule has 1 heterocycles. The fourth-order valence-corrected chi connectivity index (χ4v) is 4.87. The van der Waals surface area contributed by atoms with E-state index >= 15 is 0 Å². The van der Waals surface area contributed by atoms with Gasteiger partial charge in [-0.3, -0.25) is 19.7 Å². The van der Waals surface area contributed by atoms with Crippen molar-refractivity contribution in [2.45, 2.75) is 46.2 Å². The van der Waals surface area contributed by atoms with Crippen LogP contribution in [0, 0.1) is 24.7 Å². The molecule has 2 aromatic carbocycles. The van der Waals surface area contributed by atoms with Crippen molar-refractivity contribution in [3.05, 3.63) is 59.7 Å². The predicted molar refractivity (Wildman–Crippen MR) is 121 cm³/mol. The van der Waals surface area contributed by atoms with Crippen LogP contribution in [-0.4, -0.2) is 34.5 Å². The number of amides is 2. The van der Waals surface area contributed by atoms with Crippen molar-refractivity contribution in [3.8, 4) is 11.1 Å². The molecule has 1 saturated heterocycles. The molecule has 1 aliphatic rings. The fourth-order valence-electron chi connectivity index (χ4n) is 4.87. The normalized spacial score (nSPS) is 20.4. The smallest absolute Gasteiger partial charge is 0.248 e. The molecule has 3 rings (SSSR count). The third-order valence-corrected chi connectivity index (χ3v) is 6.61. The number of piperidine rings is 1. The summed E-state index contributed by atoms with van der Waals surface area (Å²) in [4.78, 5) is 26.7. The predicted octanol–water partition coefficient (Wildman–Crippen LogP) is 3.51. The molecule has 1 fully saturated rings. The van der Waals surface area contributed by atoms with Crippen LogP contribution in [0.3, 0.4) is 0 Å². The third kappa shape index (κ3) is 5.14. The van der Waals surface area contributed by atoms with Crippen molar-refractivity contribution >= 4 is 11.8 Å². The minimum Gasteiger partial charge on any atom is -0.369 e. The zero-order chi connectivity index (χ0) is 22.5. The number of hydroxylamine groups is 1. The molecule has 6 heteroatoms. The van der Waals surface area contributed by atoms with E-state index < -0.39 is 11.8 Å². The second-order valence-electron chi connectivity index (χ2n) is 8.86. The number of nitrogens with zero attached hydrogens (tertiary/aromatic N) is 1. The molecule has 3 unspecified atom stereocenters. The van der Waals surface area contributed by atoms with Gasteiger partial charge in [-0.1, -0.05) is 62.4 Å². The number of primary amides is 1. The summed E-state index contributed by atoms with van der Waals surface area (Å²) in [5.41, 5.74) is 12.2. The molecule has 0 spiro atoms. The van der Waals surface area contributed by atoms with E-state index in [-0.39, 0.29) is 23.8 Å². The molecule has 0 saturated carbocycles. The van der Waals surface area contributed by atoms with Gasteiger partial charge < -0.3 is 5.73 Å². The van der Waals surface area contributed by atoms with Gasteiger partial charge in [0.25, 0.3) is 0 Å². The van der Waals surface area contributed by atoms with Gasteiger partial charge in [-0.25, -0.2) is 5.48 Å². The molecule has 4 N–H and O–H groups in total. The van der Waals surface area contributed by atoms with Crippen LogP contribution in [0.1, 0.15) is 37.8 Å². The van der Waals surface area contributed by atoms with Gasteiger partial charge in [0.2, 0.25) is 11.8 Å². The highest BCUT2D eigenvalue weighted by molar-refractivity contribution is 5.79. The topological polar surface area (TPSA) is 95.7 Å². The summed E-state index contributed by atoms with van der Waals surface area (Å²) >= 11 is 0.